The second kappa shape index (κ2) is 6.34. The molecule has 1 aromatic carbocycles. The van der Waals surface area contributed by atoms with Crippen LogP contribution in [0.5, 0.6) is 0 Å². The number of aliphatic hydroxyl groups excluding tert-OH is 1. The first-order valence-electron chi connectivity index (χ1n) is 6.64. The third-order valence-electron chi connectivity index (χ3n) is 3.08. The molecule has 1 aromatic heterocycles. The van der Waals surface area contributed by atoms with Crippen LogP contribution in [0, 0.1) is 5.92 Å². The van der Waals surface area contributed by atoms with Gasteiger partial charge in [-0.25, -0.2) is 4.68 Å². The fourth-order valence-corrected chi connectivity index (χ4v) is 1.76. The summed E-state index contributed by atoms with van der Waals surface area (Å²) in [5.41, 5.74) is 1.64. The van der Waals surface area contributed by atoms with E-state index >= 15 is 0 Å². The molecule has 0 fully saturated rings. The van der Waals surface area contributed by atoms with E-state index in [0.717, 1.165) is 5.69 Å². The molecule has 5 heteroatoms. The zero-order valence-corrected chi connectivity index (χ0v) is 11.7. The van der Waals surface area contributed by atoms with Gasteiger partial charge in [-0.05, 0) is 36.2 Å². The Hall–Kier alpha value is -2.14. The predicted molar refractivity (Wildman–Crippen MR) is 77.7 cm³/mol. The van der Waals surface area contributed by atoms with E-state index in [9.17, 15) is 9.90 Å². The van der Waals surface area contributed by atoms with Gasteiger partial charge in [-0.3, -0.25) is 4.79 Å². The highest BCUT2D eigenvalue weighted by atomic mass is 16.3. The average molecular weight is 273 g/mol. The van der Waals surface area contributed by atoms with Crippen molar-refractivity contribution in [3.63, 3.8) is 0 Å². The molecule has 5 nitrogen and oxygen atoms in total. The van der Waals surface area contributed by atoms with Gasteiger partial charge in [0, 0.05) is 18.1 Å². The number of rotatable bonds is 5. The Labute approximate surface area is 118 Å². The Morgan fingerprint density at radius 3 is 2.60 bits per heavy atom. The highest BCUT2D eigenvalue weighted by Gasteiger charge is 2.14. The van der Waals surface area contributed by atoms with Crippen LogP contribution in [0.1, 0.15) is 20.3 Å². The summed E-state index contributed by atoms with van der Waals surface area (Å²) in [6.45, 7) is 3.77. The van der Waals surface area contributed by atoms with E-state index in [1.165, 1.54) is 0 Å². The molecule has 106 valence electrons. The molecular formula is C15H19N3O2. The molecule has 0 spiro atoms. The molecule has 0 saturated carbocycles. The lowest BCUT2D eigenvalue weighted by Crippen LogP contribution is -2.23. The zero-order chi connectivity index (χ0) is 14.5. The number of aromatic nitrogens is 2. The van der Waals surface area contributed by atoms with Gasteiger partial charge in [0.1, 0.15) is 0 Å². The molecule has 1 unspecified atom stereocenters. The Bertz CT molecular complexity index is 547. The monoisotopic (exact) mass is 273 g/mol. The molecule has 2 N–H and O–H groups in total. The van der Waals surface area contributed by atoms with E-state index in [2.05, 4.69) is 10.4 Å². The average Bonchev–Trinajstić information content (AvgIpc) is 2.93. The maximum Gasteiger partial charge on any atom is 0.226 e. The highest BCUT2D eigenvalue weighted by molar-refractivity contribution is 5.91. The maximum atomic E-state index is 11.8. The molecule has 2 rings (SSSR count). The highest BCUT2D eigenvalue weighted by Crippen LogP contribution is 2.14. The van der Waals surface area contributed by atoms with E-state index in [0.29, 0.717) is 5.69 Å². The van der Waals surface area contributed by atoms with Crippen molar-refractivity contribution < 1.29 is 9.90 Å². The van der Waals surface area contributed by atoms with Crippen molar-refractivity contribution in [3.05, 3.63) is 42.7 Å². The SMILES string of the molecule is CC(C)C(O)CC(=O)Nc1ccc(-n2cccn2)cc1. The number of benzene rings is 1. The van der Waals surface area contributed by atoms with Crippen LogP contribution in [-0.2, 0) is 4.79 Å². The van der Waals surface area contributed by atoms with E-state index < -0.39 is 6.10 Å². The summed E-state index contributed by atoms with van der Waals surface area (Å²) in [5.74, 6) is -0.110. The van der Waals surface area contributed by atoms with Crippen molar-refractivity contribution in [1.29, 1.82) is 0 Å². The number of anilines is 1. The minimum atomic E-state index is -0.613. The smallest absolute Gasteiger partial charge is 0.226 e. The maximum absolute atomic E-state index is 11.8. The summed E-state index contributed by atoms with van der Waals surface area (Å²) >= 11 is 0. The van der Waals surface area contributed by atoms with Crippen LogP contribution >= 0.6 is 0 Å². The summed E-state index contributed by atoms with van der Waals surface area (Å²) in [6.07, 6.45) is 3.06. The number of hydrogen-bond acceptors (Lipinski definition) is 3. The van der Waals surface area contributed by atoms with Crippen molar-refractivity contribution in [2.45, 2.75) is 26.4 Å². The first-order valence-corrected chi connectivity index (χ1v) is 6.64. The van der Waals surface area contributed by atoms with Crippen molar-refractivity contribution in [3.8, 4) is 5.69 Å². The molecule has 0 saturated heterocycles. The number of aliphatic hydroxyl groups is 1. The summed E-state index contributed by atoms with van der Waals surface area (Å²) in [4.78, 5) is 11.8. The molecule has 0 radical (unpaired) electrons. The normalized spacial score (nSPS) is 12.4. The Kier molecular flexibility index (Phi) is 4.53. The molecule has 1 amide bonds. The lowest BCUT2D eigenvalue weighted by Gasteiger charge is -2.14. The van der Waals surface area contributed by atoms with Crippen LogP contribution in [0.3, 0.4) is 0 Å². The number of carbonyl (C=O) groups excluding carboxylic acids is 1. The lowest BCUT2D eigenvalue weighted by molar-refractivity contribution is -0.118. The van der Waals surface area contributed by atoms with Crippen LogP contribution in [0.4, 0.5) is 5.69 Å². The minimum Gasteiger partial charge on any atom is -0.392 e. The standard InChI is InChI=1S/C15H19N3O2/c1-11(2)14(19)10-15(20)17-12-4-6-13(7-5-12)18-9-3-8-16-18/h3-9,11,14,19H,10H2,1-2H3,(H,17,20). The van der Waals surface area contributed by atoms with E-state index in [-0.39, 0.29) is 18.2 Å². The summed E-state index contributed by atoms with van der Waals surface area (Å²) in [5, 5.41) is 16.6. The Balaban J connectivity index is 1.95. The van der Waals surface area contributed by atoms with E-state index in [4.69, 9.17) is 0 Å². The first-order chi connectivity index (χ1) is 9.56. The van der Waals surface area contributed by atoms with Crippen LogP contribution < -0.4 is 5.32 Å². The molecule has 0 aliphatic heterocycles. The molecule has 20 heavy (non-hydrogen) atoms. The fraction of sp³-hybridized carbons (Fsp3) is 0.333. The van der Waals surface area contributed by atoms with Gasteiger partial charge in [0.2, 0.25) is 5.91 Å². The number of hydrogen-bond donors (Lipinski definition) is 2. The molecular weight excluding hydrogens is 254 g/mol. The molecule has 0 bridgehead atoms. The van der Waals surface area contributed by atoms with Gasteiger partial charge in [0.15, 0.2) is 0 Å². The van der Waals surface area contributed by atoms with Gasteiger partial charge in [-0.1, -0.05) is 13.8 Å². The fourth-order valence-electron chi connectivity index (χ4n) is 1.76. The van der Waals surface area contributed by atoms with Crippen molar-refractivity contribution >= 4 is 11.6 Å². The predicted octanol–water partition coefficient (Wildman–Crippen LogP) is 2.22. The Morgan fingerprint density at radius 2 is 2.05 bits per heavy atom. The van der Waals surface area contributed by atoms with Gasteiger partial charge in [-0.15, -0.1) is 0 Å². The molecule has 0 aliphatic carbocycles. The number of amides is 1. The van der Waals surface area contributed by atoms with Crippen LogP contribution in [-0.4, -0.2) is 26.9 Å². The molecule has 2 aromatic rings. The second-order valence-corrected chi connectivity index (χ2v) is 5.06. The Morgan fingerprint density at radius 1 is 1.35 bits per heavy atom. The number of nitrogens with zero attached hydrogens (tertiary/aromatic N) is 2. The second-order valence-electron chi connectivity index (χ2n) is 5.06. The van der Waals surface area contributed by atoms with Crippen LogP contribution in [0.15, 0.2) is 42.7 Å². The lowest BCUT2D eigenvalue weighted by atomic mass is 10.0. The summed E-state index contributed by atoms with van der Waals surface area (Å²) in [7, 11) is 0. The van der Waals surface area contributed by atoms with Gasteiger partial charge < -0.3 is 10.4 Å². The third-order valence-corrected chi connectivity index (χ3v) is 3.08. The van der Waals surface area contributed by atoms with Gasteiger partial charge >= 0.3 is 0 Å². The van der Waals surface area contributed by atoms with Crippen LogP contribution in [0.25, 0.3) is 5.69 Å². The van der Waals surface area contributed by atoms with E-state index in [1.54, 1.807) is 10.9 Å². The van der Waals surface area contributed by atoms with Gasteiger partial charge in [0.05, 0.1) is 18.2 Å². The van der Waals surface area contributed by atoms with Gasteiger partial charge in [-0.2, -0.15) is 5.10 Å². The molecule has 1 heterocycles. The largest absolute Gasteiger partial charge is 0.392 e. The van der Waals surface area contributed by atoms with Gasteiger partial charge in [0.25, 0.3) is 0 Å². The van der Waals surface area contributed by atoms with Crippen molar-refractivity contribution in [2.75, 3.05) is 5.32 Å². The topological polar surface area (TPSA) is 67.2 Å². The third kappa shape index (κ3) is 3.68. The minimum absolute atomic E-state index is 0.0722. The molecule has 1 atom stereocenters. The van der Waals surface area contributed by atoms with Crippen molar-refractivity contribution in [1.82, 2.24) is 9.78 Å². The molecule has 0 aliphatic rings. The quantitative estimate of drug-likeness (QED) is 0.877. The summed E-state index contributed by atoms with van der Waals surface area (Å²) < 4.78 is 1.74. The number of nitrogens with one attached hydrogen (secondary N) is 1. The zero-order valence-electron chi connectivity index (χ0n) is 11.7. The van der Waals surface area contributed by atoms with Crippen LogP contribution in [0.2, 0.25) is 0 Å². The van der Waals surface area contributed by atoms with Crippen molar-refractivity contribution in [2.24, 2.45) is 5.92 Å². The number of carbonyl (C=O) groups is 1. The summed E-state index contributed by atoms with van der Waals surface area (Å²) in [6, 6.07) is 9.24. The van der Waals surface area contributed by atoms with E-state index in [1.807, 2.05) is 50.4 Å². The first kappa shape index (κ1) is 14.3.